The number of nitrogens with zero attached hydrogens (tertiary/aromatic N) is 4. The number of hydrogen-bond acceptors (Lipinski definition) is 7. The number of carbonyl (C=O) groups is 1. The maximum absolute atomic E-state index is 13.6. The Morgan fingerprint density at radius 2 is 1.82 bits per heavy atom. The van der Waals surface area contributed by atoms with E-state index in [4.69, 9.17) is 15.0 Å². The number of allylic oxidation sites excluding steroid dienone is 1. The van der Waals surface area contributed by atoms with Crippen molar-refractivity contribution in [2.75, 3.05) is 16.8 Å². The van der Waals surface area contributed by atoms with Crippen molar-refractivity contribution in [2.24, 2.45) is 11.3 Å². The summed E-state index contributed by atoms with van der Waals surface area (Å²) in [5.41, 5.74) is 3.65. The lowest BCUT2D eigenvalue weighted by Gasteiger charge is -2.34. The number of anilines is 2. The van der Waals surface area contributed by atoms with Crippen LogP contribution < -0.4 is 14.9 Å². The Labute approximate surface area is 267 Å². The molecule has 0 saturated carbocycles. The third-order valence-corrected chi connectivity index (χ3v) is 9.15. The molecule has 2 atom stereocenters. The summed E-state index contributed by atoms with van der Waals surface area (Å²) < 4.78 is 3.04. The number of rotatable bonds is 3. The van der Waals surface area contributed by atoms with Gasteiger partial charge < -0.3 is 10.2 Å². The highest BCUT2D eigenvalue weighted by Gasteiger charge is 2.41. The van der Waals surface area contributed by atoms with Crippen LogP contribution in [0.15, 0.2) is 59.8 Å². The SMILES string of the molecule is CC(C)(C)/C=C/c1ccc(CC2CC[C@@H]3CN(c4nc(C(C)(C)C)ccc4C(=O)NSc4cccc(n4)N2)C(C)(C)C3)nc1. The highest BCUT2D eigenvalue weighted by molar-refractivity contribution is 7.97. The first-order valence-corrected chi connectivity index (χ1v) is 16.6. The molecule has 0 radical (unpaired) electrons. The summed E-state index contributed by atoms with van der Waals surface area (Å²) in [7, 11) is 0. The third kappa shape index (κ3) is 8.00. The van der Waals surface area contributed by atoms with E-state index in [1.54, 1.807) is 0 Å². The predicted octanol–water partition coefficient (Wildman–Crippen LogP) is 8.09. The summed E-state index contributed by atoms with van der Waals surface area (Å²) >= 11 is 1.24. The van der Waals surface area contributed by atoms with Gasteiger partial charge in [-0.1, -0.05) is 65.8 Å². The second-order valence-electron chi connectivity index (χ2n) is 15.1. The van der Waals surface area contributed by atoms with Crippen LogP contribution in [-0.4, -0.2) is 39.0 Å². The third-order valence-electron chi connectivity index (χ3n) is 8.43. The van der Waals surface area contributed by atoms with Gasteiger partial charge in [-0.3, -0.25) is 14.5 Å². The molecular weight excluding hydrogens is 565 g/mol. The van der Waals surface area contributed by atoms with E-state index in [-0.39, 0.29) is 28.3 Å². The molecule has 3 aromatic rings. The van der Waals surface area contributed by atoms with Crippen LogP contribution in [0.25, 0.3) is 6.08 Å². The van der Waals surface area contributed by atoms with Crippen molar-refractivity contribution in [3.8, 4) is 0 Å². The molecule has 2 aliphatic heterocycles. The van der Waals surface area contributed by atoms with E-state index >= 15 is 0 Å². The van der Waals surface area contributed by atoms with Crippen LogP contribution in [0.1, 0.15) is 102 Å². The number of amides is 1. The van der Waals surface area contributed by atoms with Gasteiger partial charge in [0.15, 0.2) is 0 Å². The first kappa shape index (κ1) is 32.0. The Morgan fingerprint density at radius 1 is 1.02 bits per heavy atom. The van der Waals surface area contributed by atoms with Gasteiger partial charge in [0.05, 0.1) is 5.56 Å². The lowest BCUT2D eigenvalue weighted by atomic mass is 9.90. The Bertz CT molecular complexity index is 1500. The first-order chi connectivity index (χ1) is 20.7. The molecule has 4 bridgehead atoms. The van der Waals surface area contributed by atoms with E-state index < -0.39 is 0 Å². The van der Waals surface area contributed by atoms with Crippen molar-refractivity contribution < 1.29 is 4.79 Å². The Kier molecular flexibility index (Phi) is 9.13. The molecule has 5 heterocycles. The molecule has 2 aliphatic rings. The maximum Gasteiger partial charge on any atom is 0.265 e. The monoisotopic (exact) mass is 612 g/mol. The number of nitrogens with one attached hydrogen (secondary N) is 2. The molecule has 1 fully saturated rings. The zero-order valence-corrected chi connectivity index (χ0v) is 28.4. The molecule has 5 rings (SSSR count). The normalized spacial score (nSPS) is 20.8. The van der Waals surface area contributed by atoms with Crippen LogP contribution in [0.2, 0.25) is 0 Å². The van der Waals surface area contributed by atoms with Gasteiger partial charge in [-0.15, -0.1) is 0 Å². The molecule has 7 nitrogen and oxygen atoms in total. The summed E-state index contributed by atoms with van der Waals surface area (Å²) in [6.45, 7) is 18.5. The highest BCUT2D eigenvalue weighted by atomic mass is 32.2. The van der Waals surface area contributed by atoms with Crippen molar-refractivity contribution in [3.05, 3.63) is 77.3 Å². The van der Waals surface area contributed by atoms with E-state index in [0.717, 1.165) is 65.8 Å². The van der Waals surface area contributed by atoms with Crippen LogP contribution in [0.4, 0.5) is 11.6 Å². The summed E-state index contributed by atoms with van der Waals surface area (Å²) in [5.74, 6) is 1.90. The average Bonchev–Trinajstić information content (AvgIpc) is 3.26. The van der Waals surface area contributed by atoms with Crippen molar-refractivity contribution in [2.45, 2.75) is 103 Å². The molecule has 234 valence electrons. The molecule has 44 heavy (non-hydrogen) atoms. The van der Waals surface area contributed by atoms with Crippen LogP contribution in [0, 0.1) is 11.3 Å². The number of hydrogen-bond donors (Lipinski definition) is 2. The summed E-state index contributed by atoms with van der Waals surface area (Å²) in [6.07, 6.45) is 10.2. The van der Waals surface area contributed by atoms with Crippen LogP contribution >= 0.6 is 11.9 Å². The zero-order chi connectivity index (χ0) is 31.7. The van der Waals surface area contributed by atoms with E-state index in [1.807, 2.05) is 36.5 Å². The van der Waals surface area contributed by atoms with Gasteiger partial charge in [-0.25, -0.2) is 9.97 Å². The summed E-state index contributed by atoms with van der Waals surface area (Å²) in [4.78, 5) is 30.8. The van der Waals surface area contributed by atoms with Crippen LogP contribution in [0.3, 0.4) is 0 Å². The molecule has 1 saturated heterocycles. The average molecular weight is 613 g/mol. The van der Waals surface area contributed by atoms with Gasteiger partial charge in [0, 0.05) is 59.5 Å². The minimum atomic E-state index is -0.156. The van der Waals surface area contributed by atoms with Crippen LogP contribution in [-0.2, 0) is 11.8 Å². The van der Waals surface area contributed by atoms with Gasteiger partial charge in [0.25, 0.3) is 5.91 Å². The molecule has 0 aromatic carbocycles. The lowest BCUT2D eigenvalue weighted by Crippen LogP contribution is -2.40. The fourth-order valence-corrected chi connectivity index (χ4v) is 6.63. The minimum Gasteiger partial charge on any atom is -0.367 e. The van der Waals surface area contributed by atoms with E-state index in [0.29, 0.717) is 11.5 Å². The Hall–Kier alpha value is -3.39. The van der Waals surface area contributed by atoms with Gasteiger partial charge in [-0.05, 0) is 80.3 Å². The number of carbonyl (C=O) groups excluding carboxylic acids is 1. The molecular formula is C36H48N6OS. The van der Waals surface area contributed by atoms with Crippen molar-refractivity contribution in [1.29, 1.82) is 0 Å². The fraction of sp³-hybridized carbons (Fsp3) is 0.500. The Morgan fingerprint density at radius 3 is 2.52 bits per heavy atom. The zero-order valence-electron chi connectivity index (χ0n) is 27.6. The largest absolute Gasteiger partial charge is 0.367 e. The molecule has 0 spiro atoms. The molecule has 1 unspecified atom stereocenters. The Balaban J connectivity index is 1.44. The van der Waals surface area contributed by atoms with E-state index in [9.17, 15) is 4.79 Å². The topological polar surface area (TPSA) is 83.0 Å². The molecule has 0 aliphatic carbocycles. The number of pyridine rings is 3. The molecule has 2 N–H and O–H groups in total. The summed E-state index contributed by atoms with van der Waals surface area (Å²) in [5, 5.41) is 4.44. The van der Waals surface area contributed by atoms with Gasteiger partial charge >= 0.3 is 0 Å². The fourth-order valence-electron chi connectivity index (χ4n) is 6.03. The molecule has 1 amide bonds. The van der Waals surface area contributed by atoms with Gasteiger partial charge in [-0.2, -0.15) is 0 Å². The number of aromatic nitrogens is 3. The van der Waals surface area contributed by atoms with E-state index in [2.05, 4.69) is 94.6 Å². The second-order valence-corrected chi connectivity index (χ2v) is 15.9. The quantitative estimate of drug-likeness (QED) is 0.289. The smallest absolute Gasteiger partial charge is 0.265 e. The number of fused-ring (bicyclic) bond motifs is 6. The second kappa shape index (κ2) is 12.5. The highest BCUT2D eigenvalue weighted by Crippen LogP contribution is 2.40. The van der Waals surface area contributed by atoms with Crippen molar-refractivity contribution >= 4 is 35.6 Å². The molecule has 8 heteroatoms. The summed E-state index contributed by atoms with van der Waals surface area (Å²) in [6, 6.07) is 14.3. The van der Waals surface area contributed by atoms with Crippen LogP contribution in [0.5, 0.6) is 0 Å². The van der Waals surface area contributed by atoms with Crippen molar-refractivity contribution in [3.63, 3.8) is 0 Å². The van der Waals surface area contributed by atoms with Crippen molar-refractivity contribution in [1.82, 2.24) is 19.7 Å². The standard InChI is InChI=1S/C36H48N6OS/c1-34(2,3)19-18-24-12-14-26(37-22-24)20-27-15-13-25-21-36(7,8)42(23-25)32-28(16-17-29(39-32)35(4,5)6)33(43)41-44-31-11-9-10-30(38-27)40-31/h9-12,14,16-19,22,25,27H,13,15,20-21,23H2,1-8H3,(H,38,40)(H,41,43)/b19-18+/t25-,27?/m0/s1. The van der Waals surface area contributed by atoms with E-state index in [1.165, 1.54) is 11.9 Å². The lowest BCUT2D eigenvalue weighted by molar-refractivity contribution is 0.0984. The first-order valence-electron chi connectivity index (χ1n) is 15.8. The molecule has 3 aromatic heterocycles. The maximum atomic E-state index is 13.6. The predicted molar refractivity (Wildman–Crippen MR) is 183 cm³/mol. The van der Waals surface area contributed by atoms with Gasteiger partial charge in [0.2, 0.25) is 0 Å². The van der Waals surface area contributed by atoms with Gasteiger partial charge in [0.1, 0.15) is 16.7 Å². The minimum absolute atomic E-state index is 0.125.